The molecule has 1 fully saturated rings. The van der Waals surface area contributed by atoms with E-state index in [1.165, 1.54) is 0 Å². The molecule has 0 spiro atoms. The first-order chi connectivity index (χ1) is 15.1. The fraction of sp³-hybridized carbons (Fsp3) is 0.375. The summed E-state index contributed by atoms with van der Waals surface area (Å²) in [5.41, 5.74) is 1.89. The lowest BCUT2D eigenvalue weighted by atomic mass is 10.1. The summed E-state index contributed by atoms with van der Waals surface area (Å²) in [6.45, 7) is 5.84. The van der Waals surface area contributed by atoms with Crippen LogP contribution in [-0.4, -0.2) is 68.7 Å². The minimum absolute atomic E-state index is 0.0781. The van der Waals surface area contributed by atoms with Gasteiger partial charge in [-0.2, -0.15) is 0 Å². The molecule has 1 saturated heterocycles. The van der Waals surface area contributed by atoms with Gasteiger partial charge in [0.2, 0.25) is 5.91 Å². The van der Waals surface area contributed by atoms with Gasteiger partial charge >= 0.3 is 0 Å². The lowest BCUT2D eigenvalue weighted by Crippen LogP contribution is -2.47. The Bertz CT molecular complexity index is 927. The quantitative estimate of drug-likeness (QED) is 0.697. The van der Waals surface area contributed by atoms with Gasteiger partial charge in [-0.25, -0.2) is 0 Å². The zero-order valence-corrected chi connectivity index (χ0v) is 18.5. The van der Waals surface area contributed by atoms with Crippen LogP contribution >= 0.6 is 11.6 Å². The third-order valence-electron chi connectivity index (χ3n) is 5.60. The first-order valence-corrected chi connectivity index (χ1v) is 11.0. The molecular formula is C24H28ClN3O3. The molecule has 0 radical (unpaired) electrons. The molecular weight excluding hydrogens is 414 g/mol. The normalized spacial score (nSPS) is 18.1. The fourth-order valence-corrected chi connectivity index (χ4v) is 4.10. The second-order valence-corrected chi connectivity index (χ2v) is 8.34. The van der Waals surface area contributed by atoms with Crippen molar-refractivity contribution in [3.8, 4) is 11.5 Å². The molecule has 4 rings (SSSR count). The highest BCUT2D eigenvalue weighted by molar-refractivity contribution is 6.32. The smallest absolute Gasteiger partial charge is 0.244 e. The minimum atomic E-state index is -0.144. The fourth-order valence-electron chi connectivity index (χ4n) is 3.83. The van der Waals surface area contributed by atoms with Crippen molar-refractivity contribution in [2.45, 2.75) is 6.04 Å². The predicted octanol–water partition coefficient (Wildman–Crippen LogP) is 3.23. The van der Waals surface area contributed by atoms with Crippen LogP contribution in [0.5, 0.6) is 11.5 Å². The van der Waals surface area contributed by atoms with Crippen LogP contribution in [0.1, 0.15) is 17.2 Å². The molecule has 0 saturated carbocycles. The van der Waals surface area contributed by atoms with Gasteiger partial charge in [-0.3, -0.25) is 9.69 Å². The predicted molar refractivity (Wildman–Crippen MR) is 123 cm³/mol. The lowest BCUT2D eigenvalue weighted by molar-refractivity contribution is -0.117. The van der Waals surface area contributed by atoms with Gasteiger partial charge in [0.15, 0.2) is 11.5 Å². The number of nitrogens with one attached hydrogen (secondary N) is 1. The van der Waals surface area contributed by atoms with Gasteiger partial charge < -0.3 is 19.7 Å². The highest BCUT2D eigenvalue weighted by atomic mass is 35.5. The second-order valence-electron chi connectivity index (χ2n) is 7.94. The molecule has 0 aromatic heterocycles. The molecule has 2 aromatic carbocycles. The number of piperazine rings is 1. The number of halogens is 1. The first-order valence-electron chi connectivity index (χ1n) is 10.6. The molecule has 2 aliphatic rings. The molecule has 2 aromatic rings. The minimum Gasteiger partial charge on any atom is -0.486 e. The summed E-state index contributed by atoms with van der Waals surface area (Å²) in [6.07, 6.45) is 3.29. The second kappa shape index (κ2) is 10.2. The number of carbonyl (C=O) groups is 1. The van der Waals surface area contributed by atoms with Gasteiger partial charge in [0, 0.05) is 38.8 Å². The summed E-state index contributed by atoms with van der Waals surface area (Å²) in [6, 6.07) is 13.7. The lowest BCUT2D eigenvalue weighted by Gasteiger charge is -2.34. The number of rotatable bonds is 6. The van der Waals surface area contributed by atoms with E-state index in [9.17, 15) is 4.79 Å². The summed E-state index contributed by atoms with van der Waals surface area (Å²) in [5, 5.41) is 3.65. The number of likely N-dealkylation sites (N-methyl/N-ethyl adjacent to an activating group) is 1. The van der Waals surface area contributed by atoms with Gasteiger partial charge in [0.05, 0.1) is 11.1 Å². The summed E-state index contributed by atoms with van der Waals surface area (Å²) in [4.78, 5) is 17.5. The van der Waals surface area contributed by atoms with Crippen LogP contribution in [0.15, 0.2) is 48.5 Å². The van der Waals surface area contributed by atoms with E-state index in [-0.39, 0.29) is 11.9 Å². The van der Waals surface area contributed by atoms with Crippen LogP contribution in [0.3, 0.4) is 0 Å². The Morgan fingerprint density at radius 2 is 1.87 bits per heavy atom. The molecule has 0 bridgehead atoms. The van der Waals surface area contributed by atoms with Crippen molar-refractivity contribution in [3.05, 3.63) is 64.7 Å². The molecule has 1 atom stereocenters. The average Bonchev–Trinajstić information content (AvgIpc) is 2.79. The largest absolute Gasteiger partial charge is 0.486 e. The van der Waals surface area contributed by atoms with Crippen molar-refractivity contribution in [1.29, 1.82) is 0 Å². The van der Waals surface area contributed by atoms with Crippen molar-refractivity contribution in [3.63, 3.8) is 0 Å². The Hall–Kier alpha value is -2.54. The maximum atomic E-state index is 12.8. The Morgan fingerprint density at radius 3 is 2.65 bits per heavy atom. The number of hydrogen-bond acceptors (Lipinski definition) is 5. The van der Waals surface area contributed by atoms with Crippen molar-refractivity contribution >= 4 is 23.6 Å². The molecule has 1 N–H and O–H groups in total. The summed E-state index contributed by atoms with van der Waals surface area (Å²) < 4.78 is 11.2. The molecule has 7 heteroatoms. The van der Waals surface area contributed by atoms with E-state index in [0.29, 0.717) is 29.7 Å². The van der Waals surface area contributed by atoms with Crippen molar-refractivity contribution in [2.24, 2.45) is 0 Å². The Morgan fingerprint density at radius 1 is 1.13 bits per heavy atom. The van der Waals surface area contributed by atoms with Gasteiger partial charge in [-0.15, -0.1) is 0 Å². The SMILES string of the molecule is CN1CCN(CC(NC(=O)/C=C/c2cc(Cl)c3c(c2)OCCO3)c2ccccc2)CC1. The number of hydrogen-bond donors (Lipinski definition) is 1. The number of benzene rings is 2. The van der Waals surface area contributed by atoms with Gasteiger partial charge in [-0.1, -0.05) is 41.9 Å². The zero-order valence-electron chi connectivity index (χ0n) is 17.7. The van der Waals surface area contributed by atoms with Crippen LogP contribution in [0.25, 0.3) is 6.08 Å². The molecule has 6 nitrogen and oxygen atoms in total. The van der Waals surface area contributed by atoms with E-state index < -0.39 is 0 Å². The van der Waals surface area contributed by atoms with E-state index in [4.69, 9.17) is 21.1 Å². The van der Waals surface area contributed by atoms with Gasteiger partial charge in [0.25, 0.3) is 0 Å². The molecule has 1 amide bonds. The van der Waals surface area contributed by atoms with Gasteiger partial charge in [-0.05, 0) is 36.4 Å². The standard InChI is InChI=1S/C24H28ClN3O3/c1-27-9-11-28(12-10-27)17-21(19-5-3-2-4-6-19)26-23(29)8-7-18-15-20(25)24-22(16-18)30-13-14-31-24/h2-8,15-16,21H,9-14,17H2,1H3,(H,26,29)/b8-7+. The zero-order chi connectivity index (χ0) is 21.6. The summed E-state index contributed by atoms with van der Waals surface area (Å²) in [5.74, 6) is 1.02. The van der Waals surface area contributed by atoms with Crippen LogP contribution in [0, 0.1) is 0 Å². The van der Waals surface area contributed by atoms with E-state index in [0.717, 1.165) is 43.9 Å². The maximum absolute atomic E-state index is 12.8. The monoisotopic (exact) mass is 441 g/mol. The third kappa shape index (κ3) is 5.79. The number of amides is 1. The number of fused-ring (bicyclic) bond motifs is 1. The average molecular weight is 442 g/mol. The van der Waals surface area contributed by atoms with E-state index in [1.54, 1.807) is 18.2 Å². The summed E-state index contributed by atoms with van der Waals surface area (Å²) in [7, 11) is 2.14. The van der Waals surface area contributed by atoms with E-state index in [2.05, 4.69) is 34.3 Å². The van der Waals surface area contributed by atoms with E-state index >= 15 is 0 Å². The Labute approximate surface area is 188 Å². The molecule has 31 heavy (non-hydrogen) atoms. The van der Waals surface area contributed by atoms with Gasteiger partial charge in [0.1, 0.15) is 13.2 Å². The maximum Gasteiger partial charge on any atom is 0.244 e. The van der Waals surface area contributed by atoms with Crippen LogP contribution in [-0.2, 0) is 4.79 Å². The molecule has 164 valence electrons. The molecule has 2 heterocycles. The Kier molecular flexibility index (Phi) is 7.12. The van der Waals surface area contributed by atoms with Crippen LogP contribution in [0.4, 0.5) is 0 Å². The third-order valence-corrected chi connectivity index (χ3v) is 5.88. The summed E-state index contributed by atoms with van der Waals surface area (Å²) >= 11 is 6.30. The van der Waals surface area contributed by atoms with Crippen molar-refractivity contribution in [1.82, 2.24) is 15.1 Å². The molecule has 1 unspecified atom stereocenters. The highest BCUT2D eigenvalue weighted by Crippen LogP contribution is 2.38. The number of ether oxygens (including phenoxy) is 2. The number of carbonyl (C=O) groups excluding carboxylic acids is 1. The number of nitrogens with zero attached hydrogens (tertiary/aromatic N) is 2. The Balaban J connectivity index is 1.44. The topological polar surface area (TPSA) is 54.0 Å². The molecule has 2 aliphatic heterocycles. The highest BCUT2D eigenvalue weighted by Gasteiger charge is 2.21. The first kappa shape index (κ1) is 21.7. The van der Waals surface area contributed by atoms with E-state index in [1.807, 2.05) is 24.3 Å². The van der Waals surface area contributed by atoms with Crippen LogP contribution in [0.2, 0.25) is 5.02 Å². The molecule has 0 aliphatic carbocycles. The van der Waals surface area contributed by atoms with Crippen LogP contribution < -0.4 is 14.8 Å². The van der Waals surface area contributed by atoms with Crippen molar-refractivity contribution in [2.75, 3.05) is 53.0 Å². The van der Waals surface area contributed by atoms with Crippen molar-refractivity contribution < 1.29 is 14.3 Å².